The highest BCUT2D eigenvalue weighted by Gasteiger charge is 2.31. The smallest absolute Gasteiger partial charge is 0.0628 e. The van der Waals surface area contributed by atoms with E-state index in [1.165, 1.54) is 39.0 Å². The maximum Gasteiger partial charge on any atom is 0.0628 e. The van der Waals surface area contributed by atoms with Gasteiger partial charge in [-0.1, -0.05) is 6.92 Å². The molecule has 1 unspecified atom stereocenters. The zero-order valence-corrected chi connectivity index (χ0v) is 11.3. The lowest BCUT2D eigenvalue weighted by Gasteiger charge is -2.36. The van der Waals surface area contributed by atoms with Gasteiger partial charge in [0.25, 0.3) is 0 Å². The summed E-state index contributed by atoms with van der Waals surface area (Å²) in [5, 5.41) is 3.50. The number of piperazine rings is 1. The van der Waals surface area contributed by atoms with Crippen molar-refractivity contribution in [3.05, 3.63) is 0 Å². The number of rotatable bonds is 7. The van der Waals surface area contributed by atoms with E-state index in [1.54, 1.807) is 7.11 Å². The topological polar surface area (TPSA) is 27.7 Å². The molecule has 100 valence electrons. The SMILES string of the molecule is CCNC(COC)CN1CCN(C2CC2)CC1. The van der Waals surface area contributed by atoms with Gasteiger partial charge < -0.3 is 10.1 Å². The molecule has 2 aliphatic rings. The Labute approximate surface area is 105 Å². The third-order valence-electron chi connectivity index (χ3n) is 3.81. The van der Waals surface area contributed by atoms with Crippen LogP contribution in [0.3, 0.4) is 0 Å². The number of likely N-dealkylation sites (N-methyl/N-ethyl adjacent to an activating group) is 1. The number of nitrogens with one attached hydrogen (secondary N) is 1. The summed E-state index contributed by atoms with van der Waals surface area (Å²) in [5.74, 6) is 0. The number of hydrogen-bond donors (Lipinski definition) is 1. The highest BCUT2D eigenvalue weighted by atomic mass is 16.5. The molecule has 0 radical (unpaired) electrons. The van der Waals surface area contributed by atoms with E-state index in [9.17, 15) is 0 Å². The average Bonchev–Trinajstić information content (AvgIpc) is 3.15. The van der Waals surface area contributed by atoms with Crippen molar-refractivity contribution >= 4 is 0 Å². The summed E-state index contributed by atoms with van der Waals surface area (Å²) in [6.45, 7) is 10.1. The van der Waals surface area contributed by atoms with E-state index in [0.29, 0.717) is 6.04 Å². The number of nitrogens with zero attached hydrogens (tertiary/aromatic N) is 2. The largest absolute Gasteiger partial charge is 0.383 e. The molecular formula is C13H27N3O. The Morgan fingerprint density at radius 3 is 2.47 bits per heavy atom. The number of hydrogen-bond acceptors (Lipinski definition) is 4. The van der Waals surface area contributed by atoms with Crippen LogP contribution >= 0.6 is 0 Å². The zero-order chi connectivity index (χ0) is 12.1. The Kier molecular flexibility index (Phi) is 5.22. The molecule has 0 aromatic heterocycles. The van der Waals surface area contributed by atoms with Crippen molar-refractivity contribution in [3.63, 3.8) is 0 Å². The second kappa shape index (κ2) is 6.69. The van der Waals surface area contributed by atoms with Crippen molar-refractivity contribution < 1.29 is 4.74 Å². The highest BCUT2D eigenvalue weighted by Crippen LogP contribution is 2.27. The predicted octanol–water partition coefficient (Wildman–Crippen LogP) is 0.391. The Morgan fingerprint density at radius 2 is 1.94 bits per heavy atom. The molecule has 0 amide bonds. The fourth-order valence-electron chi connectivity index (χ4n) is 2.73. The molecule has 0 spiro atoms. The van der Waals surface area contributed by atoms with Gasteiger partial charge in [-0.05, 0) is 19.4 Å². The van der Waals surface area contributed by atoms with E-state index in [1.807, 2.05) is 0 Å². The van der Waals surface area contributed by atoms with Crippen LogP contribution in [0.1, 0.15) is 19.8 Å². The van der Waals surface area contributed by atoms with E-state index >= 15 is 0 Å². The van der Waals surface area contributed by atoms with Gasteiger partial charge in [-0.25, -0.2) is 0 Å². The molecule has 4 heteroatoms. The van der Waals surface area contributed by atoms with Crippen LogP contribution in [0.5, 0.6) is 0 Å². The summed E-state index contributed by atoms with van der Waals surface area (Å²) < 4.78 is 5.27. The first-order valence-electron chi connectivity index (χ1n) is 7.02. The van der Waals surface area contributed by atoms with Gasteiger partial charge >= 0.3 is 0 Å². The average molecular weight is 241 g/mol. The molecular weight excluding hydrogens is 214 g/mol. The molecule has 1 saturated carbocycles. The van der Waals surface area contributed by atoms with Crippen LogP contribution < -0.4 is 5.32 Å². The monoisotopic (exact) mass is 241 g/mol. The van der Waals surface area contributed by atoms with Gasteiger partial charge in [0.05, 0.1) is 6.61 Å². The molecule has 0 aromatic rings. The first-order valence-corrected chi connectivity index (χ1v) is 7.02. The Bertz CT molecular complexity index is 207. The lowest BCUT2D eigenvalue weighted by Crippen LogP contribution is -2.52. The van der Waals surface area contributed by atoms with Crippen molar-refractivity contribution in [3.8, 4) is 0 Å². The van der Waals surface area contributed by atoms with Crippen LogP contribution in [-0.2, 0) is 4.74 Å². The van der Waals surface area contributed by atoms with Crippen LogP contribution in [0, 0.1) is 0 Å². The van der Waals surface area contributed by atoms with Crippen molar-refractivity contribution in [1.29, 1.82) is 0 Å². The van der Waals surface area contributed by atoms with Crippen LogP contribution in [0.25, 0.3) is 0 Å². The van der Waals surface area contributed by atoms with Crippen molar-refractivity contribution in [1.82, 2.24) is 15.1 Å². The van der Waals surface area contributed by atoms with E-state index in [4.69, 9.17) is 4.74 Å². The molecule has 1 atom stereocenters. The standard InChI is InChI=1S/C13H27N3O/c1-3-14-12(11-17-2)10-15-6-8-16(9-7-15)13-4-5-13/h12-14H,3-11H2,1-2H3. The molecule has 1 heterocycles. The molecule has 0 bridgehead atoms. The van der Waals surface area contributed by atoms with Crippen molar-refractivity contribution in [2.24, 2.45) is 0 Å². The highest BCUT2D eigenvalue weighted by molar-refractivity contribution is 4.88. The van der Waals surface area contributed by atoms with Gasteiger partial charge in [-0.15, -0.1) is 0 Å². The molecule has 1 aliphatic heterocycles. The van der Waals surface area contributed by atoms with Gasteiger partial charge in [-0.3, -0.25) is 9.80 Å². The zero-order valence-electron chi connectivity index (χ0n) is 11.3. The van der Waals surface area contributed by atoms with Crippen molar-refractivity contribution in [2.45, 2.75) is 31.8 Å². The van der Waals surface area contributed by atoms with E-state index in [0.717, 1.165) is 25.7 Å². The van der Waals surface area contributed by atoms with E-state index in [2.05, 4.69) is 22.0 Å². The van der Waals surface area contributed by atoms with Gasteiger partial charge in [-0.2, -0.15) is 0 Å². The normalized spacial score (nSPS) is 25.1. The van der Waals surface area contributed by atoms with Gasteiger partial charge in [0.15, 0.2) is 0 Å². The summed E-state index contributed by atoms with van der Waals surface area (Å²) >= 11 is 0. The number of methoxy groups -OCH3 is 1. The minimum absolute atomic E-state index is 0.484. The Morgan fingerprint density at radius 1 is 1.24 bits per heavy atom. The number of ether oxygens (including phenoxy) is 1. The molecule has 17 heavy (non-hydrogen) atoms. The van der Waals surface area contributed by atoms with E-state index < -0.39 is 0 Å². The van der Waals surface area contributed by atoms with E-state index in [-0.39, 0.29) is 0 Å². The van der Waals surface area contributed by atoms with Crippen LogP contribution in [0.15, 0.2) is 0 Å². The minimum Gasteiger partial charge on any atom is -0.383 e. The Balaban J connectivity index is 1.67. The molecule has 1 saturated heterocycles. The van der Waals surface area contributed by atoms with Crippen LogP contribution in [-0.4, -0.2) is 74.9 Å². The quantitative estimate of drug-likeness (QED) is 0.698. The maximum absolute atomic E-state index is 5.27. The van der Waals surface area contributed by atoms with Crippen molar-refractivity contribution in [2.75, 3.05) is 53.0 Å². The summed E-state index contributed by atoms with van der Waals surface area (Å²) in [6, 6.07) is 1.41. The summed E-state index contributed by atoms with van der Waals surface area (Å²) in [4.78, 5) is 5.24. The summed E-state index contributed by atoms with van der Waals surface area (Å²) in [7, 11) is 1.79. The molecule has 1 aliphatic carbocycles. The molecule has 2 rings (SSSR count). The molecule has 1 N–H and O–H groups in total. The second-order valence-electron chi connectivity index (χ2n) is 5.28. The van der Waals surface area contributed by atoms with Crippen LogP contribution in [0.2, 0.25) is 0 Å². The molecule has 4 nitrogen and oxygen atoms in total. The third kappa shape index (κ3) is 4.21. The van der Waals surface area contributed by atoms with Gasteiger partial charge in [0.2, 0.25) is 0 Å². The second-order valence-corrected chi connectivity index (χ2v) is 5.28. The predicted molar refractivity (Wildman–Crippen MR) is 70.4 cm³/mol. The Hall–Kier alpha value is -0.160. The first kappa shape index (κ1) is 13.3. The lowest BCUT2D eigenvalue weighted by molar-refractivity contribution is 0.0951. The van der Waals surface area contributed by atoms with Gasteiger partial charge in [0, 0.05) is 51.9 Å². The summed E-state index contributed by atoms with van der Waals surface area (Å²) in [5.41, 5.74) is 0. The third-order valence-corrected chi connectivity index (χ3v) is 3.81. The molecule has 0 aromatic carbocycles. The summed E-state index contributed by atoms with van der Waals surface area (Å²) in [6.07, 6.45) is 2.87. The van der Waals surface area contributed by atoms with Crippen LogP contribution in [0.4, 0.5) is 0 Å². The fraction of sp³-hybridized carbons (Fsp3) is 1.00. The lowest BCUT2D eigenvalue weighted by atomic mass is 10.2. The molecule has 2 fully saturated rings. The van der Waals surface area contributed by atoms with Gasteiger partial charge in [0.1, 0.15) is 0 Å². The fourth-order valence-corrected chi connectivity index (χ4v) is 2.73. The first-order chi connectivity index (χ1) is 8.33. The minimum atomic E-state index is 0.484. The maximum atomic E-state index is 5.27.